The van der Waals surface area contributed by atoms with Gasteiger partial charge in [-0.1, -0.05) is 5.21 Å². The van der Waals surface area contributed by atoms with E-state index in [1.54, 1.807) is 13.1 Å². The van der Waals surface area contributed by atoms with Gasteiger partial charge < -0.3 is 0 Å². The van der Waals surface area contributed by atoms with Crippen LogP contribution in [0.1, 0.15) is 14.5 Å². The first-order valence-electron chi connectivity index (χ1n) is 5.91. The lowest BCUT2D eigenvalue weighted by Crippen LogP contribution is -2.27. The van der Waals surface area contributed by atoms with E-state index in [2.05, 4.69) is 15.4 Å². The van der Waals surface area contributed by atoms with Crippen LogP contribution in [-0.4, -0.2) is 30.6 Å². The minimum absolute atomic E-state index is 0.114. The van der Waals surface area contributed by atoms with Crippen molar-refractivity contribution in [1.82, 2.24) is 24.8 Å². The summed E-state index contributed by atoms with van der Waals surface area (Å²) in [6.07, 6.45) is 1.43. The Hall–Kier alpha value is -2.35. The lowest BCUT2D eigenvalue weighted by molar-refractivity contribution is 0.0968. The second kappa shape index (κ2) is 4.64. The Labute approximate surface area is 117 Å². The number of nitrogens with zero attached hydrogens (tertiary/aromatic N) is 5. The van der Waals surface area contributed by atoms with Crippen molar-refractivity contribution in [3.8, 4) is 0 Å². The van der Waals surface area contributed by atoms with Crippen LogP contribution in [0.15, 0.2) is 23.1 Å². The topological polar surface area (TPSA) is 82.7 Å². The molecular formula is C12H11N5O2S. The molecule has 3 heterocycles. The molecule has 0 unspecified atom stereocenters. The molecule has 0 aromatic carbocycles. The van der Waals surface area contributed by atoms with Crippen molar-refractivity contribution in [1.29, 1.82) is 0 Å². The number of ketones is 1. The SMILES string of the molecule is Cc1ccc(C(=O)Cn2nnc3c(cnn3C)c2=O)s1. The highest BCUT2D eigenvalue weighted by molar-refractivity contribution is 7.14. The van der Waals surface area contributed by atoms with Crippen molar-refractivity contribution in [2.45, 2.75) is 13.5 Å². The van der Waals surface area contributed by atoms with Crippen molar-refractivity contribution >= 4 is 28.2 Å². The van der Waals surface area contributed by atoms with E-state index in [1.165, 1.54) is 22.2 Å². The second-order valence-electron chi connectivity index (χ2n) is 4.39. The van der Waals surface area contributed by atoms with E-state index in [1.807, 2.05) is 13.0 Å². The molecule has 0 spiro atoms. The largest absolute Gasteiger partial charge is 0.291 e. The molecule has 0 bridgehead atoms. The number of hydrogen-bond acceptors (Lipinski definition) is 6. The van der Waals surface area contributed by atoms with Gasteiger partial charge in [0.05, 0.1) is 11.1 Å². The molecule has 0 saturated heterocycles. The fourth-order valence-electron chi connectivity index (χ4n) is 1.88. The molecule has 0 fully saturated rings. The van der Waals surface area contributed by atoms with Crippen LogP contribution >= 0.6 is 11.3 Å². The zero-order valence-corrected chi connectivity index (χ0v) is 11.7. The smallest absolute Gasteiger partial charge is 0.281 e. The Morgan fingerprint density at radius 1 is 1.40 bits per heavy atom. The molecule has 0 amide bonds. The van der Waals surface area contributed by atoms with E-state index in [0.717, 1.165) is 9.56 Å². The highest BCUT2D eigenvalue weighted by atomic mass is 32.1. The molecule has 3 rings (SSSR count). The number of aryl methyl sites for hydroxylation is 2. The maximum absolute atomic E-state index is 12.2. The van der Waals surface area contributed by atoms with Crippen LogP contribution in [0.5, 0.6) is 0 Å². The summed E-state index contributed by atoms with van der Waals surface area (Å²) >= 11 is 1.40. The summed E-state index contributed by atoms with van der Waals surface area (Å²) in [6.45, 7) is 1.81. The third kappa shape index (κ3) is 2.03. The molecule has 102 valence electrons. The number of thiophene rings is 1. The van der Waals surface area contributed by atoms with E-state index in [-0.39, 0.29) is 17.9 Å². The molecular weight excluding hydrogens is 278 g/mol. The van der Waals surface area contributed by atoms with Crippen molar-refractivity contribution in [2.24, 2.45) is 7.05 Å². The first kappa shape index (κ1) is 12.7. The number of hydrogen-bond donors (Lipinski definition) is 0. The van der Waals surface area contributed by atoms with Crippen LogP contribution in [0.25, 0.3) is 11.0 Å². The van der Waals surface area contributed by atoms with Gasteiger partial charge in [-0.2, -0.15) is 5.10 Å². The number of carbonyl (C=O) groups excluding carboxylic acids is 1. The van der Waals surface area contributed by atoms with Gasteiger partial charge in [-0.05, 0) is 19.1 Å². The van der Waals surface area contributed by atoms with Gasteiger partial charge in [0.2, 0.25) is 0 Å². The maximum atomic E-state index is 12.2. The van der Waals surface area contributed by atoms with E-state index in [0.29, 0.717) is 15.9 Å². The normalized spacial score (nSPS) is 11.1. The van der Waals surface area contributed by atoms with Crippen LogP contribution < -0.4 is 5.56 Å². The van der Waals surface area contributed by atoms with Crippen molar-refractivity contribution < 1.29 is 4.79 Å². The van der Waals surface area contributed by atoms with Crippen LogP contribution in [0, 0.1) is 6.92 Å². The first-order valence-corrected chi connectivity index (χ1v) is 6.73. The number of rotatable bonds is 3. The molecule has 0 N–H and O–H groups in total. The zero-order valence-electron chi connectivity index (χ0n) is 10.9. The summed E-state index contributed by atoms with van der Waals surface area (Å²) in [5.41, 5.74) is 0.0513. The van der Waals surface area contributed by atoms with Crippen molar-refractivity contribution in [3.63, 3.8) is 0 Å². The Morgan fingerprint density at radius 3 is 2.90 bits per heavy atom. The average Bonchev–Trinajstić information content (AvgIpc) is 3.00. The number of fused-ring (bicyclic) bond motifs is 1. The standard InChI is InChI=1S/C12H11N5O2S/c1-7-3-4-10(20-7)9(18)6-17-12(19)8-5-13-16(2)11(8)14-15-17/h3-5H,6H2,1-2H3. The fourth-order valence-corrected chi connectivity index (χ4v) is 2.68. The van der Waals surface area contributed by atoms with Gasteiger partial charge in [0.1, 0.15) is 11.9 Å². The average molecular weight is 289 g/mol. The van der Waals surface area contributed by atoms with E-state index >= 15 is 0 Å². The van der Waals surface area contributed by atoms with Crippen molar-refractivity contribution in [2.75, 3.05) is 0 Å². The lowest BCUT2D eigenvalue weighted by atomic mass is 10.3. The summed E-state index contributed by atoms with van der Waals surface area (Å²) in [7, 11) is 1.68. The zero-order chi connectivity index (χ0) is 14.3. The molecule has 3 aromatic rings. The highest BCUT2D eigenvalue weighted by Gasteiger charge is 2.14. The van der Waals surface area contributed by atoms with Crippen LogP contribution in [0.2, 0.25) is 0 Å². The Bertz CT molecular complexity index is 860. The molecule has 3 aromatic heterocycles. The molecule has 0 atom stereocenters. The first-order chi connectivity index (χ1) is 9.56. The van der Waals surface area contributed by atoms with E-state index in [4.69, 9.17) is 0 Å². The Morgan fingerprint density at radius 2 is 2.20 bits per heavy atom. The van der Waals surface area contributed by atoms with Crippen molar-refractivity contribution in [3.05, 3.63) is 38.4 Å². The molecule has 0 radical (unpaired) electrons. The molecule has 0 aliphatic heterocycles. The van der Waals surface area contributed by atoms with Gasteiger partial charge in [-0.25, -0.2) is 9.36 Å². The number of carbonyl (C=O) groups is 1. The number of Topliss-reactive ketones (excluding diaryl/α,β-unsaturated/α-hetero) is 1. The van der Waals surface area contributed by atoms with E-state index < -0.39 is 0 Å². The summed E-state index contributed by atoms with van der Waals surface area (Å²) in [5, 5.41) is 12.0. The molecule has 20 heavy (non-hydrogen) atoms. The molecule has 0 aliphatic carbocycles. The van der Waals surface area contributed by atoms with Gasteiger partial charge in [0.15, 0.2) is 11.4 Å². The lowest BCUT2D eigenvalue weighted by Gasteiger charge is -2.01. The quantitative estimate of drug-likeness (QED) is 0.665. The summed E-state index contributed by atoms with van der Waals surface area (Å²) in [5.74, 6) is -0.150. The van der Waals surface area contributed by atoms with Gasteiger partial charge in [0, 0.05) is 11.9 Å². The number of aromatic nitrogens is 5. The predicted octanol–water partition coefficient (Wildman–Crippen LogP) is 0.778. The third-order valence-corrected chi connectivity index (χ3v) is 3.97. The third-order valence-electron chi connectivity index (χ3n) is 2.93. The minimum atomic E-state index is -0.357. The second-order valence-corrected chi connectivity index (χ2v) is 5.68. The molecule has 8 heteroatoms. The van der Waals surface area contributed by atoms with Gasteiger partial charge in [0.25, 0.3) is 5.56 Å². The Kier molecular flexibility index (Phi) is 2.94. The minimum Gasteiger partial charge on any atom is -0.291 e. The summed E-state index contributed by atoms with van der Waals surface area (Å²) in [4.78, 5) is 25.9. The highest BCUT2D eigenvalue weighted by Crippen LogP contribution is 2.15. The summed E-state index contributed by atoms with van der Waals surface area (Å²) in [6, 6.07) is 3.63. The fraction of sp³-hybridized carbons (Fsp3) is 0.250. The van der Waals surface area contributed by atoms with Crippen LogP contribution in [0.3, 0.4) is 0 Å². The van der Waals surface area contributed by atoms with E-state index in [9.17, 15) is 9.59 Å². The molecule has 0 aliphatic rings. The van der Waals surface area contributed by atoms with Crippen LogP contribution in [0.4, 0.5) is 0 Å². The summed E-state index contributed by atoms with van der Waals surface area (Å²) < 4.78 is 2.54. The molecule has 0 saturated carbocycles. The Balaban J connectivity index is 1.97. The van der Waals surface area contributed by atoms with Gasteiger partial charge in [-0.3, -0.25) is 9.59 Å². The maximum Gasteiger partial charge on any atom is 0.281 e. The predicted molar refractivity (Wildman–Crippen MR) is 74.0 cm³/mol. The molecule has 7 nitrogen and oxygen atoms in total. The van der Waals surface area contributed by atoms with Crippen LogP contribution in [-0.2, 0) is 13.6 Å². The van der Waals surface area contributed by atoms with Gasteiger partial charge in [-0.15, -0.1) is 16.4 Å². The van der Waals surface area contributed by atoms with Gasteiger partial charge >= 0.3 is 0 Å². The monoisotopic (exact) mass is 289 g/mol.